The molecule has 0 bridgehead atoms. The van der Waals surface area contributed by atoms with Gasteiger partial charge in [-0.2, -0.15) is 0 Å². The molecule has 0 aliphatic carbocycles. The highest BCUT2D eigenvalue weighted by Gasteiger charge is 2.10. The number of aromatic nitrogens is 1. The van der Waals surface area contributed by atoms with E-state index in [1.165, 1.54) is 17.4 Å². The number of halogens is 1. The number of rotatable bonds is 5. The zero-order valence-corrected chi connectivity index (χ0v) is 12.3. The summed E-state index contributed by atoms with van der Waals surface area (Å²) in [7, 11) is 0. The summed E-state index contributed by atoms with van der Waals surface area (Å²) in [6.45, 7) is 3.86. The van der Waals surface area contributed by atoms with E-state index in [9.17, 15) is 9.18 Å². The molecule has 3 nitrogen and oxygen atoms in total. The van der Waals surface area contributed by atoms with E-state index in [-0.39, 0.29) is 17.8 Å². The van der Waals surface area contributed by atoms with Crippen molar-refractivity contribution < 1.29 is 9.18 Å². The first-order valence-electron chi connectivity index (χ1n) is 6.55. The van der Waals surface area contributed by atoms with Crippen molar-refractivity contribution in [1.29, 1.82) is 0 Å². The molecule has 0 aliphatic heterocycles. The van der Waals surface area contributed by atoms with E-state index in [2.05, 4.69) is 10.3 Å². The summed E-state index contributed by atoms with van der Waals surface area (Å²) in [5, 5.41) is 5.37. The fraction of sp³-hybridized carbons (Fsp3) is 0.333. The number of nitrogens with zero attached hydrogens (tertiary/aromatic N) is 1. The minimum absolute atomic E-state index is 0.0143. The minimum Gasteiger partial charge on any atom is -0.354 e. The topological polar surface area (TPSA) is 42.0 Å². The minimum atomic E-state index is -0.272. The number of aryl methyl sites for hydroxylation is 1. The van der Waals surface area contributed by atoms with Crippen LogP contribution in [0.25, 0.3) is 10.6 Å². The molecule has 0 spiro atoms. The van der Waals surface area contributed by atoms with Gasteiger partial charge in [-0.25, -0.2) is 9.37 Å². The smallest absolute Gasteiger partial charge is 0.220 e. The molecule has 0 radical (unpaired) electrons. The van der Waals surface area contributed by atoms with E-state index in [0.29, 0.717) is 23.4 Å². The van der Waals surface area contributed by atoms with Crippen LogP contribution in [0, 0.1) is 5.82 Å². The van der Waals surface area contributed by atoms with E-state index in [1.807, 2.05) is 19.2 Å². The molecule has 2 rings (SSSR count). The lowest BCUT2D eigenvalue weighted by Gasteiger charge is -2.06. The Morgan fingerprint density at radius 2 is 2.15 bits per heavy atom. The van der Waals surface area contributed by atoms with Gasteiger partial charge >= 0.3 is 0 Å². The van der Waals surface area contributed by atoms with Crippen molar-refractivity contribution in [3.05, 3.63) is 41.2 Å². The van der Waals surface area contributed by atoms with Gasteiger partial charge in [0.1, 0.15) is 10.8 Å². The van der Waals surface area contributed by atoms with Gasteiger partial charge in [0.2, 0.25) is 5.91 Å². The Labute approximate surface area is 121 Å². The molecule has 1 N–H and O–H groups in total. The number of carbonyl (C=O) groups excluding carboxylic acids is 1. The second-order valence-electron chi connectivity index (χ2n) is 4.85. The molecule has 5 heteroatoms. The molecule has 2 aromatic rings. The SMILES string of the molecule is CC(C)NC(=O)CCc1csc(-c2ccccc2F)n1. The Balaban J connectivity index is 2.00. The average molecular weight is 292 g/mol. The number of nitrogens with one attached hydrogen (secondary N) is 1. The van der Waals surface area contributed by atoms with Crippen molar-refractivity contribution in [2.45, 2.75) is 32.7 Å². The van der Waals surface area contributed by atoms with Gasteiger partial charge in [-0.1, -0.05) is 12.1 Å². The van der Waals surface area contributed by atoms with Crippen LogP contribution in [0.4, 0.5) is 4.39 Å². The third-order valence-corrected chi connectivity index (χ3v) is 3.64. The van der Waals surface area contributed by atoms with Gasteiger partial charge < -0.3 is 5.32 Å². The normalized spacial score (nSPS) is 10.8. The lowest BCUT2D eigenvalue weighted by Crippen LogP contribution is -2.30. The third-order valence-electron chi connectivity index (χ3n) is 2.71. The molecular weight excluding hydrogens is 275 g/mol. The van der Waals surface area contributed by atoms with Crippen molar-refractivity contribution in [3.8, 4) is 10.6 Å². The van der Waals surface area contributed by atoms with Crippen molar-refractivity contribution in [3.63, 3.8) is 0 Å². The Morgan fingerprint density at radius 1 is 1.40 bits per heavy atom. The molecular formula is C15H17FN2OS. The van der Waals surface area contributed by atoms with Crippen LogP contribution in [0.1, 0.15) is 26.0 Å². The summed E-state index contributed by atoms with van der Waals surface area (Å²) in [4.78, 5) is 16.0. The van der Waals surface area contributed by atoms with E-state index < -0.39 is 0 Å². The Morgan fingerprint density at radius 3 is 2.85 bits per heavy atom. The molecule has 0 atom stereocenters. The van der Waals surface area contributed by atoms with Crippen LogP contribution in [-0.4, -0.2) is 16.9 Å². The molecule has 106 valence electrons. The summed E-state index contributed by atoms with van der Waals surface area (Å²) >= 11 is 1.40. The zero-order chi connectivity index (χ0) is 14.5. The zero-order valence-electron chi connectivity index (χ0n) is 11.5. The molecule has 0 saturated carbocycles. The summed E-state index contributed by atoms with van der Waals surface area (Å²) in [6.07, 6.45) is 0.974. The van der Waals surface area contributed by atoms with E-state index in [1.54, 1.807) is 18.2 Å². The Hall–Kier alpha value is -1.75. The molecule has 20 heavy (non-hydrogen) atoms. The van der Waals surface area contributed by atoms with Crippen molar-refractivity contribution in [2.24, 2.45) is 0 Å². The molecule has 1 aromatic heterocycles. The quantitative estimate of drug-likeness (QED) is 0.917. The van der Waals surface area contributed by atoms with Crippen LogP contribution in [0.5, 0.6) is 0 Å². The van der Waals surface area contributed by atoms with Crippen molar-refractivity contribution in [2.75, 3.05) is 0 Å². The first-order valence-corrected chi connectivity index (χ1v) is 7.43. The van der Waals surface area contributed by atoms with Crippen LogP contribution in [-0.2, 0) is 11.2 Å². The van der Waals surface area contributed by atoms with Gasteiger partial charge in [-0.05, 0) is 32.4 Å². The molecule has 0 saturated heterocycles. The molecule has 1 heterocycles. The molecule has 0 fully saturated rings. The maximum atomic E-state index is 13.6. The monoisotopic (exact) mass is 292 g/mol. The van der Waals surface area contributed by atoms with E-state index in [0.717, 1.165) is 5.69 Å². The number of carbonyl (C=O) groups is 1. The summed E-state index contributed by atoms with van der Waals surface area (Å²) in [6, 6.07) is 6.72. The molecule has 0 unspecified atom stereocenters. The average Bonchev–Trinajstić information content (AvgIpc) is 2.85. The Bertz CT molecular complexity index is 595. The number of hydrogen-bond donors (Lipinski definition) is 1. The van der Waals surface area contributed by atoms with Crippen LogP contribution in [0.15, 0.2) is 29.6 Å². The highest BCUT2D eigenvalue weighted by molar-refractivity contribution is 7.13. The lowest BCUT2D eigenvalue weighted by atomic mass is 10.2. The highest BCUT2D eigenvalue weighted by Crippen LogP contribution is 2.26. The predicted molar refractivity (Wildman–Crippen MR) is 79.1 cm³/mol. The molecule has 1 aromatic carbocycles. The third kappa shape index (κ3) is 3.87. The fourth-order valence-electron chi connectivity index (χ4n) is 1.82. The van der Waals surface area contributed by atoms with Gasteiger partial charge in [0.15, 0.2) is 0 Å². The maximum Gasteiger partial charge on any atom is 0.220 e. The number of thiazole rings is 1. The van der Waals surface area contributed by atoms with Gasteiger partial charge in [0.25, 0.3) is 0 Å². The van der Waals surface area contributed by atoms with Crippen LogP contribution < -0.4 is 5.32 Å². The fourth-order valence-corrected chi connectivity index (χ4v) is 2.70. The largest absolute Gasteiger partial charge is 0.354 e. The van der Waals surface area contributed by atoms with Crippen molar-refractivity contribution >= 4 is 17.2 Å². The number of hydrogen-bond acceptors (Lipinski definition) is 3. The van der Waals surface area contributed by atoms with Gasteiger partial charge in [-0.15, -0.1) is 11.3 Å². The standard InChI is InChI=1S/C15H17FN2OS/c1-10(2)17-14(19)8-7-11-9-20-15(18-11)12-5-3-4-6-13(12)16/h3-6,9-10H,7-8H2,1-2H3,(H,17,19). The first-order chi connectivity index (χ1) is 9.56. The first kappa shape index (κ1) is 14.7. The molecule has 1 amide bonds. The van der Waals surface area contributed by atoms with Crippen LogP contribution in [0.2, 0.25) is 0 Å². The van der Waals surface area contributed by atoms with Crippen LogP contribution >= 0.6 is 11.3 Å². The predicted octanol–water partition coefficient (Wildman–Crippen LogP) is 3.41. The molecule has 0 aliphatic rings. The number of amides is 1. The maximum absolute atomic E-state index is 13.6. The van der Waals surface area contributed by atoms with E-state index in [4.69, 9.17) is 0 Å². The van der Waals surface area contributed by atoms with Crippen molar-refractivity contribution in [1.82, 2.24) is 10.3 Å². The number of benzene rings is 1. The van der Waals surface area contributed by atoms with E-state index >= 15 is 0 Å². The van der Waals surface area contributed by atoms with Crippen LogP contribution in [0.3, 0.4) is 0 Å². The summed E-state index contributed by atoms with van der Waals surface area (Å²) in [5.74, 6) is -0.258. The summed E-state index contributed by atoms with van der Waals surface area (Å²) in [5.41, 5.74) is 1.34. The second kappa shape index (κ2) is 6.61. The second-order valence-corrected chi connectivity index (χ2v) is 5.70. The Kier molecular flexibility index (Phi) is 4.84. The lowest BCUT2D eigenvalue weighted by molar-refractivity contribution is -0.121. The summed E-state index contributed by atoms with van der Waals surface area (Å²) < 4.78 is 13.6. The highest BCUT2D eigenvalue weighted by atomic mass is 32.1. The van der Waals surface area contributed by atoms with Gasteiger partial charge in [0, 0.05) is 23.4 Å². The van der Waals surface area contributed by atoms with Gasteiger partial charge in [0.05, 0.1) is 5.69 Å². The van der Waals surface area contributed by atoms with Gasteiger partial charge in [-0.3, -0.25) is 4.79 Å².